The van der Waals surface area contributed by atoms with Crippen molar-refractivity contribution in [1.82, 2.24) is 4.98 Å². The molecule has 6 heteroatoms. The van der Waals surface area contributed by atoms with Crippen LogP contribution < -0.4 is 4.74 Å². The minimum absolute atomic E-state index is 0.0861. The second kappa shape index (κ2) is 6.54. The summed E-state index contributed by atoms with van der Waals surface area (Å²) in [4.78, 5) is 14.4. The summed E-state index contributed by atoms with van der Waals surface area (Å²) in [5, 5.41) is 11.5. The lowest BCUT2D eigenvalue weighted by molar-refractivity contribution is -0.130. The van der Waals surface area contributed by atoms with E-state index in [-0.39, 0.29) is 17.9 Å². The average Bonchev–Trinajstić information content (AvgIpc) is 2.56. The number of benzene rings is 2. The van der Waals surface area contributed by atoms with Crippen LogP contribution in [-0.2, 0) is 9.53 Å². The van der Waals surface area contributed by atoms with E-state index in [2.05, 4.69) is 9.72 Å². The maximum Gasteiger partial charge on any atom is 0.294 e. The predicted molar refractivity (Wildman–Crippen MR) is 85.7 cm³/mol. The van der Waals surface area contributed by atoms with Crippen LogP contribution in [0, 0.1) is 0 Å². The zero-order chi connectivity index (χ0) is 16.2. The van der Waals surface area contributed by atoms with Gasteiger partial charge in [-0.05, 0) is 30.3 Å². The molecular formula is C17H12ClNO4. The second-order valence-electron chi connectivity index (χ2n) is 4.70. The van der Waals surface area contributed by atoms with Crippen molar-refractivity contribution >= 4 is 28.8 Å². The van der Waals surface area contributed by atoms with Gasteiger partial charge in [0.1, 0.15) is 22.9 Å². The molecule has 3 aromatic rings. The molecule has 1 atom stereocenters. The normalized spacial score (nSPS) is 11.9. The molecule has 23 heavy (non-hydrogen) atoms. The third-order valence-corrected chi connectivity index (χ3v) is 3.54. The van der Waals surface area contributed by atoms with Crippen LogP contribution in [-0.4, -0.2) is 16.6 Å². The fraction of sp³-hybridized carbons (Fsp3) is 0.0588. The van der Waals surface area contributed by atoms with E-state index < -0.39 is 5.56 Å². The molecule has 1 heterocycles. The number of hydrogen-bond acceptors (Lipinski definition) is 5. The summed E-state index contributed by atoms with van der Waals surface area (Å²) >= 11 is 5.85. The number of para-hydroxylation sites is 1. The number of alkyl halides is 1. The van der Waals surface area contributed by atoms with Gasteiger partial charge in [0.15, 0.2) is 0 Å². The Morgan fingerprint density at radius 2 is 1.91 bits per heavy atom. The molecule has 116 valence electrons. The molecule has 0 saturated heterocycles. The van der Waals surface area contributed by atoms with Crippen molar-refractivity contribution in [2.75, 3.05) is 0 Å². The topological polar surface area (TPSA) is 68.7 Å². The summed E-state index contributed by atoms with van der Waals surface area (Å²) in [7, 11) is 0. The van der Waals surface area contributed by atoms with Gasteiger partial charge < -0.3 is 14.6 Å². The molecule has 3 rings (SSSR count). The zero-order valence-electron chi connectivity index (χ0n) is 11.8. The number of fused-ring (bicyclic) bond motifs is 1. The molecule has 1 unspecified atom stereocenters. The Morgan fingerprint density at radius 3 is 2.65 bits per heavy atom. The van der Waals surface area contributed by atoms with Gasteiger partial charge in [0, 0.05) is 17.0 Å². The molecule has 0 bridgehead atoms. The molecular weight excluding hydrogens is 318 g/mol. The summed E-state index contributed by atoms with van der Waals surface area (Å²) in [6, 6.07) is 14.5. The van der Waals surface area contributed by atoms with E-state index in [0.29, 0.717) is 22.3 Å². The van der Waals surface area contributed by atoms with Crippen LogP contribution in [0.5, 0.6) is 17.2 Å². The SMILES string of the molecule is O=COC(Cl)c1ncc2cc(Oc3ccccc3)ccc2c1O. The van der Waals surface area contributed by atoms with Crippen LogP contribution >= 0.6 is 11.6 Å². The first-order valence-corrected chi connectivity index (χ1v) is 7.20. The number of aromatic hydroxyl groups is 1. The third kappa shape index (κ3) is 3.19. The molecule has 0 aliphatic carbocycles. The molecule has 5 nitrogen and oxygen atoms in total. The lowest BCUT2D eigenvalue weighted by Gasteiger charge is -2.12. The van der Waals surface area contributed by atoms with Crippen molar-refractivity contribution in [3.8, 4) is 17.2 Å². The van der Waals surface area contributed by atoms with Gasteiger partial charge in [0.2, 0.25) is 5.56 Å². The van der Waals surface area contributed by atoms with Gasteiger partial charge in [-0.25, -0.2) is 0 Å². The lowest BCUT2D eigenvalue weighted by Crippen LogP contribution is -1.99. The lowest BCUT2D eigenvalue weighted by atomic mass is 10.1. The van der Waals surface area contributed by atoms with Gasteiger partial charge in [0.25, 0.3) is 6.47 Å². The molecule has 0 fully saturated rings. The van der Waals surface area contributed by atoms with Crippen LogP contribution in [0.4, 0.5) is 0 Å². The molecule has 0 radical (unpaired) electrons. The smallest absolute Gasteiger partial charge is 0.294 e. The van der Waals surface area contributed by atoms with Crippen molar-refractivity contribution in [3.05, 3.63) is 60.4 Å². The maximum atomic E-state index is 10.3. The molecule has 0 spiro atoms. The van der Waals surface area contributed by atoms with E-state index in [1.165, 1.54) is 6.20 Å². The molecule has 1 N–H and O–H groups in total. The van der Waals surface area contributed by atoms with Gasteiger partial charge in [0.05, 0.1) is 0 Å². The first-order chi connectivity index (χ1) is 11.2. The minimum Gasteiger partial charge on any atom is -0.505 e. The van der Waals surface area contributed by atoms with Crippen LogP contribution in [0.3, 0.4) is 0 Å². The fourth-order valence-corrected chi connectivity index (χ4v) is 2.37. The summed E-state index contributed by atoms with van der Waals surface area (Å²) in [6.07, 6.45) is 1.53. The summed E-state index contributed by atoms with van der Waals surface area (Å²) < 4.78 is 10.3. The Balaban J connectivity index is 1.95. The number of carbonyl (C=O) groups is 1. The van der Waals surface area contributed by atoms with E-state index >= 15 is 0 Å². The number of carbonyl (C=O) groups excluding carboxylic acids is 1. The number of rotatable bonds is 5. The number of pyridine rings is 1. The van der Waals surface area contributed by atoms with E-state index in [4.69, 9.17) is 16.3 Å². The fourth-order valence-electron chi connectivity index (χ4n) is 2.17. The predicted octanol–water partition coefficient (Wildman–Crippen LogP) is 4.14. The quantitative estimate of drug-likeness (QED) is 0.562. The van der Waals surface area contributed by atoms with Crippen LogP contribution in [0.1, 0.15) is 11.3 Å². The Kier molecular flexibility index (Phi) is 4.30. The highest BCUT2D eigenvalue weighted by molar-refractivity contribution is 6.20. The van der Waals surface area contributed by atoms with Gasteiger partial charge >= 0.3 is 0 Å². The Labute approximate surface area is 137 Å². The van der Waals surface area contributed by atoms with Gasteiger partial charge in [-0.2, -0.15) is 0 Å². The molecule has 0 aliphatic rings. The molecule has 0 saturated carbocycles. The number of hydrogen-bond donors (Lipinski definition) is 1. The standard InChI is InChI=1S/C17H12ClNO4/c18-17(22-10-20)15-16(21)14-7-6-13(8-11(14)9-19-15)23-12-4-2-1-3-5-12/h1-10,17,21H. The third-order valence-electron chi connectivity index (χ3n) is 3.23. The van der Waals surface area contributed by atoms with Crippen molar-refractivity contribution in [3.63, 3.8) is 0 Å². The van der Waals surface area contributed by atoms with Crippen molar-refractivity contribution in [2.24, 2.45) is 0 Å². The minimum atomic E-state index is -1.14. The monoisotopic (exact) mass is 329 g/mol. The highest BCUT2D eigenvalue weighted by atomic mass is 35.5. The summed E-state index contributed by atoms with van der Waals surface area (Å²) in [6.45, 7) is 0.208. The Hall–Kier alpha value is -2.79. The van der Waals surface area contributed by atoms with Crippen molar-refractivity contribution in [1.29, 1.82) is 0 Å². The van der Waals surface area contributed by atoms with Crippen molar-refractivity contribution < 1.29 is 19.4 Å². The van der Waals surface area contributed by atoms with Gasteiger partial charge in [-0.3, -0.25) is 9.78 Å². The largest absolute Gasteiger partial charge is 0.505 e. The number of aromatic nitrogens is 1. The van der Waals surface area contributed by atoms with Crippen LogP contribution in [0.2, 0.25) is 0 Å². The second-order valence-corrected chi connectivity index (χ2v) is 5.10. The highest BCUT2D eigenvalue weighted by Gasteiger charge is 2.17. The summed E-state index contributed by atoms with van der Waals surface area (Å²) in [5.41, 5.74) is -1.06. The van der Waals surface area contributed by atoms with Gasteiger partial charge in [-0.15, -0.1) is 0 Å². The van der Waals surface area contributed by atoms with Crippen molar-refractivity contribution in [2.45, 2.75) is 5.56 Å². The number of nitrogens with zero attached hydrogens (tertiary/aromatic N) is 1. The van der Waals surface area contributed by atoms with E-state index in [9.17, 15) is 9.90 Å². The molecule has 0 amide bonds. The number of ether oxygens (including phenoxy) is 2. The molecule has 1 aromatic heterocycles. The van der Waals surface area contributed by atoms with E-state index in [0.717, 1.165) is 0 Å². The van der Waals surface area contributed by atoms with Crippen LogP contribution in [0.25, 0.3) is 10.8 Å². The van der Waals surface area contributed by atoms with Crippen LogP contribution in [0.15, 0.2) is 54.7 Å². The Bertz CT molecular complexity index is 839. The first kappa shape index (κ1) is 15.1. The number of halogens is 1. The van der Waals surface area contributed by atoms with Gasteiger partial charge in [-0.1, -0.05) is 29.8 Å². The average molecular weight is 330 g/mol. The van der Waals surface area contributed by atoms with E-state index in [1.54, 1.807) is 18.2 Å². The summed E-state index contributed by atoms with van der Waals surface area (Å²) in [5.74, 6) is 1.20. The zero-order valence-corrected chi connectivity index (χ0v) is 12.6. The molecule has 0 aliphatic heterocycles. The highest BCUT2D eigenvalue weighted by Crippen LogP contribution is 2.35. The molecule has 2 aromatic carbocycles. The Morgan fingerprint density at radius 1 is 1.13 bits per heavy atom. The first-order valence-electron chi connectivity index (χ1n) is 6.77. The van der Waals surface area contributed by atoms with E-state index in [1.807, 2.05) is 30.3 Å². The maximum absolute atomic E-state index is 10.3.